The van der Waals surface area contributed by atoms with Gasteiger partial charge in [0, 0.05) is 24.0 Å². The molecule has 0 aliphatic carbocycles. The topological polar surface area (TPSA) is 104 Å². The van der Waals surface area contributed by atoms with Gasteiger partial charge in [0.05, 0.1) is 6.10 Å². The van der Waals surface area contributed by atoms with Crippen molar-refractivity contribution in [3.63, 3.8) is 0 Å². The fourth-order valence-corrected chi connectivity index (χ4v) is 2.67. The van der Waals surface area contributed by atoms with Crippen LogP contribution < -0.4 is 0 Å². The van der Waals surface area contributed by atoms with Crippen molar-refractivity contribution in [1.82, 2.24) is 0 Å². The van der Waals surface area contributed by atoms with E-state index in [2.05, 4.69) is 11.8 Å². The third-order valence-electron chi connectivity index (χ3n) is 3.93. The van der Waals surface area contributed by atoms with Crippen molar-refractivity contribution in [3.05, 3.63) is 47.1 Å². The van der Waals surface area contributed by atoms with E-state index >= 15 is 0 Å². The third-order valence-corrected chi connectivity index (χ3v) is 3.93. The number of benzene rings is 1. The summed E-state index contributed by atoms with van der Waals surface area (Å²) in [6, 6.07) is 2.87. The zero-order valence-corrected chi connectivity index (χ0v) is 15.0. The molecule has 1 aliphatic rings. The number of esters is 1. The molecule has 3 N–H and O–H groups in total. The van der Waals surface area contributed by atoms with Gasteiger partial charge in [-0.05, 0) is 31.6 Å². The zero-order valence-electron chi connectivity index (χ0n) is 15.0. The largest absolute Gasteiger partial charge is 0.507 e. The first kappa shape index (κ1) is 20.4. The molecule has 0 bridgehead atoms. The first-order chi connectivity index (χ1) is 12.9. The van der Waals surface area contributed by atoms with E-state index in [9.17, 15) is 19.8 Å². The van der Waals surface area contributed by atoms with Gasteiger partial charge >= 0.3 is 5.97 Å². The SMILES string of the molecule is C[C@H]1C=CCC(=O)C[C@@H](O)CC=Cc2c(C#CCO)ccc(O)c2C(=O)O1. The predicted octanol–water partition coefficient (Wildman–Crippen LogP) is 1.96. The highest BCUT2D eigenvalue weighted by molar-refractivity contribution is 5.98. The molecule has 0 unspecified atom stereocenters. The second kappa shape index (κ2) is 9.72. The Morgan fingerprint density at radius 2 is 2.04 bits per heavy atom. The van der Waals surface area contributed by atoms with Crippen molar-refractivity contribution in [2.24, 2.45) is 0 Å². The number of carbonyl (C=O) groups excluding carboxylic acids is 2. The monoisotopic (exact) mass is 370 g/mol. The summed E-state index contributed by atoms with van der Waals surface area (Å²) in [5.41, 5.74) is 0.706. The number of aromatic hydroxyl groups is 1. The molecule has 0 spiro atoms. The molecule has 6 heteroatoms. The standard InChI is InChI=1S/C21H22O6/c1-14-5-2-7-16(23)13-17(24)8-3-9-18-15(6-4-12-22)10-11-19(25)20(18)21(26)27-14/h2-3,5,9-11,14,17,22,24-25H,7-8,12-13H2,1H3/t14-,17-/m0/s1. The molecule has 0 radical (unpaired) electrons. The average Bonchev–Trinajstić information content (AvgIpc) is 2.60. The summed E-state index contributed by atoms with van der Waals surface area (Å²) in [5, 5.41) is 29.2. The number of rotatable bonds is 0. The molecule has 0 saturated heterocycles. The van der Waals surface area contributed by atoms with Crippen LogP contribution in [0.3, 0.4) is 0 Å². The Balaban J connectivity index is 2.53. The van der Waals surface area contributed by atoms with Crippen molar-refractivity contribution < 1.29 is 29.6 Å². The lowest BCUT2D eigenvalue weighted by molar-refractivity contribution is -0.120. The Morgan fingerprint density at radius 3 is 2.78 bits per heavy atom. The number of ketones is 1. The van der Waals surface area contributed by atoms with Crippen LogP contribution in [0.4, 0.5) is 0 Å². The smallest absolute Gasteiger partial charge is 0.343 e. The molecule has 1 aliphatic heterocycles. The van der Waals surface area contributed by atoms with Gasteiger partial charge in [-0.1, -0.05) is 30.1 Å². The maximum absolute atomic E-state index is 12.6. The maximum Gasteiger partial charge on any atom is 0.343 e. The lowest BCUT2D eigenvalue weighted by Crippen LogP contribution is -2.16. The van der Waals surface area contributed by atoms with Crippen LogP contribution in [-0.2, 0) is 9.53 Å². The highest BCUT2D eigenvalue weighted by Crippen LogP contribution is 2.27. The van der Waals surface area contributed by atoms with E-state index in [1.807, 2.05) is 0 Å². The Labute approximate surface area is 157 Å². The van der Waals surface area contributed by atoms with Crippen LogP contribution >= 0.6 is 0 Å². The number of phenolic OH excluding ortho intramolecular Hbond substituents is 1. The number of hydrogen-bond acceptors (Lipinski definition) is 6. The van der Waals surface area contributed by atoms with E-state index < -0.39 is 18.2 Å². The third kappa shape index (κ3) is 5.81. The molecular weight excluding hydrogens is 348 g/mol. The first-order valence-corrected chi connectivity index (χ1v) is 8.62. The minimum absolute atomic E-state index is 0.0208. The molecule has 1 aromatic rings. The molecule has 0 fully saturated rings. The van der Waals surface area contributed by atoms with Gasteiger partial charge < -0.3 is 20.1 Å². The van der Waals surface area contributed by atoms with Crippen LogP contribution in [-0.4, -0.2) is 45.9 Å². The molecular formula is C21H22O6. The Morgan fingerprint density at radius 1 is 1.26 bits per heavy atom. The number of phenols is 1. The van der Waals surface area contributed by atoms with Gasteiger partial charge in [0.1, 0.15) is 29.8 Å². The summed E-state index contributed by atoms with van der Waals surface area (Å²) in [4.78, 5) is 24.4. The Hall–Kier alpha value is -2.88. The number of carbonyl (C=O) groups is 2. The molecule has 0 amide bonds. The van der Waals surface area contributed by atoms with Crippen molar-refractivity contribution >= 4 is 17.8 Å². The molecule has 1 aromatic carbocycles. The predicted molar refractivity (Wildman–Crippen MR) is 100.0 cm³/mol. The van der Waals surface area contributed by atoms with E-state index in [4.69, 9.17) is 9.84 Å². The van der Waals surface area contributed by atoms with Crippen LogP contribution in [0.15, 0.2) is 30.4 Å². The lowest BCUT2D eigenvalue weighted by Gasteiger charge is -2.14. The number of ether oxygens (including phenoxy) is 1. The molecule has 2 rings (SSSR count). The Bertz CT molecular complexity index is 825. The van der Waals surface area contributed by atoms with E-state index in [0.717, 1.165) is 0 Å². The average molecular weight is 370 g/mol. The fourth-order valence-electron chi connectivity index (χ4n) is 2.67. The van der Waals surface area contributed by atoms with Crippen molar-refractivity contribution in [2.45, 2.75) is 38.4 Å². The van der Waals surface area contributed by atoms with Crippen molar-refractivity contribution in [3.8, 4) is 17.6 Å². The normalized spacial score (nSPS) is 20.9. The van der Waals surface area contributed by atoms with Crippen LogP contribution in [0, 0.1) is 11.8 Å². The first-order valence-electron chi connectivity index (χ1n) is 8.62. The number of aliphatic hydroxyl groups excluding tert-OH is 2. The summed E-state index contributed by atoms with van der Waals surface area (Å²) in [5.74, 6) is 4.14. The van der Waals surface area contributed by atoms with Crippen LogP contribution in [0.5, 0.6) is 5.75 Å². The number of hydrogen-bond donors (Lipinski definition) is 3. The van der Waals surface area contributed by atoms with Crippen LogP contribution in [0.1, 0.15) is 47.7 Å². The van der Waals surface area contributed by atoms with E-state index in [0.29, 0.717) is 11.1 Å². The summed E-state index contributed by atoms with van der Waals surface area (Å²) in [7, 11) is 0. The Kier molecular flexibility index (Phi) is 7.35. The van der Waals surface area contributed by atoms with E-state index in [1.165, 1.54) is 12.1 Å². The van der Waals surface area contributed by atoms with Gasteiger partial charge in [0.15, 0.2) is 0 Å². The number of allylic oxidation sites excluding steroid dienone is 1. The van der Waals surface area contributed by atoms with Crippen molar-refractivity contribution in [1.29, 1.82) is 0 Å². The second-order valence-electron chi connectivity index (χ2n) is 6.16. The molecule has 1 heterocycles. The molecule has 142 valence electrons. The highest BCUT2D eigenvalue weighted by Gasteiger charge is 2.21. The van der Waals surface area contributed by atoms with E-state index in [-0.39, 0.29) is 43.0 Å². The molecule has 0 saturated carbocycles. The second-order valence-corrected chi connectivity index (χ2v) is 6.16. The van der Waals surface area contributed by atoms with Gasteiger partial charge in [-0.25, -0.2) is 4.79 Å². The van der Waals surface area contributed by atoms with Crippen molar-refractivity contribution in [2.75, 3.05) is 6.61 Å². The zero-order chi connectivity index (χ0) is 19.8. The number of cyclic esters (lactones) is 1. The summed E-state index contributed by atoms with van der Waals surface area (Å²) in [6.07, 6.45) is 5.25. The van der Waals surface area contributed by atoms with Gasteiger partial charge in [-0.15, -0.1) is 0 Å². The van der Waals surface area contributed by atoms with Crippen LogP contribution in [0.2, 0.25) is 0 Å². The summed E-state index contributed by atoms with van der Waals surface area (Å²) < 4.78 is 5.34. The lowest BCUT2D eigenvalue weighted by atomic mass is 9.98. The number of aliphatic hydroxyl groups is 2. The maximum atomic E-state index is 12.6. The quantitative estimate of drug-likeness (QED) is 0.366. The van der Waals surface area contributed by atoms with Gasteiger partial charge in [0.2, 0.25) is 0 Å². The summed E-state index contributed by atoms with van der Waals surface area (Å²) >= 11 is 0. The summed E-state index contributed by atoms with van der Waals surface area (Å²) in [6.45, 7) is 1.29. The van der Waals surface area contributed by atoms with Gasteiger partial charge in [-0.3, -0.25) is 4.79 Å². The van der Waals surface area contributed by atoms with E-state index in [1.54, 1.807) is 31.2 Å². The van der Waals surface area contributed by atoms with Gasteiger partial charge in [-0.2, -0.15) is 0 Å². The minimum Gasteiger partial charge on any atom is -0.507 e. The fraction of sp³-hybridized carbons (Fsp3) is 0.333. The molecule has 6 nitrogen and oxygen atoms in total. The molecule has 0 aromatic heterocycles. The molecule has 2 atom stereocenters. The van der Waals surface area contributed by atoms with Gasteiger partial charge in [0.25, 0.3) is 0 Å². The van der Waals surface area contributed by atoms with Crippen LogP contribution in [0.25, 0.3) is 6.08 Å². The highest BCUT2D eigenvalue weighted by atomic mass is 16.5. The number of fused-ring (bicyclic) bond motifs is 1. The number of Topliss-reactive ketones (excluding diaryl/α,β-unsaturated/α-hetero) is 1. The molecule has 27 heavy (non-hydrogen) atoms. The minimum atomic E-state index is -0.845.